The van der Waals surface area contributed by atoms with Gasteiger partial charge in [-0.05, 0) is 46.5 Å². The molecule has 0 spiro atoms. The molecule has 0 heterocycles. The maximum atomic E-state index is 11.8. The summed E-state index contributed by atoms with van der Waals surface area (Å²) in [5.41, 5.74) is 2.87. The number of carbonyl (C=O) groups is 1. The molecule has 1 rings (SSSR count). The molecular weight excluding hydrogens is 224 g/mol. The maximum absolute atomic E-state index is 11.8. The minimum absolute atomic E-state index is 0.290. The van der Waals surface area contributed by atoms with Crippen LogP contribution in [0, 0.1) is 17.8 Å². The quantitative estimate of drug-likeness (QED) is 0.428. The van der Waals surface area contributed by atoms with Crippen LogP contribution >= 0.6 is 0 Å². The monoisotopic (exact) mass is 250 g/mol. The molecule has 0 aromatic heterocycles. The number of esters is 1. The first-order valence-electron chi connectivity index (χ1n) is 6.65. The van der Waals surface area contributed by atoms with Crippen molar-refractivity contribution in [2.45, 2.75) is 54.1 Å². The Bertz CT molecular complexity index is 383. The van der Waals surface area contributed by atoms with Gasteiger partial charge in [0.05, 0.1) is 0 Å². The zero-order valence-corrected chi connectivity index (χ0v) is 12.8. The van der Waals surface area contributed by atoms with E-state index in [1.165, 1.54) is 11.1 Å². The number of ether oxygens (including phenoxy) is 1. The minimum atomic E-state index is -0.464. The normalized spacial score (nSPS) is 28.5. The molecule has 1 aliphatic rings. The summed E-state index contributed by atoms with van der Waals surface area (Å²) in [5, 5.41) is 0. The van der Waals surface area contributed by atoms with Crippen LogP contribution in [0.2, 0.25) is 0 Å². The van der Waals surface area contributed by atoms with E-state index in [-0.39, 0.29) is 5.97 Å². The van der Waals surface area contributed by atoms with Crippen molar-refractivity contribution in [3.8, 4) is 0 Å². The summed E-state index contributed by atoms with van der Waals surface area (Å²) < 4.78 is 5.66. The molecule has 0 radical (unpaired) electrons. The molecule has 2 unspecified atom stereocenters. The fourth-order valence-corrected chi connectivity index (χ4v) is 3.29. The van der Waals surface area contributed by atoms with Crippen LogP contribution < -0.4 is 0 Å². The molecule has 0 aliphatic heterocycles. The zero-order valence-electron chi connectivity index (χ0n) is 12.8. The van der Waals surface area contributed by atoms with E-state index in [1.807, 2.05) is 13.8 Å². The van der Waals surface area contributed by atoms with Gasteiger partial charge in [-0.3, -0.25) is 0 Å². The van der Waals surface area contributed by atoms with E-state index >= 15 is 0 Å². The summed E-state index contributed by atoms with van der Waals surface area (Å²) in [6.45, 7) is 18.2. The van der Waals surface area contributed by atoms with Gasteiger partial charge in [0.2, 0.25) is 0 Å². The number of hydrogen-bond donors (Lipinski definition) is 0. The van der Waals surface area contributed by atoms with Crippen LogP contribution in [-0.2, 0) is 9.53 Å². The molecule has 2 nitrogen and oxygen atoms in total. The standard InChI is InChI=1S/C16H26O2/c1-9(2)15(17)18-16(7,8)14-12(5)10(3)11(4)13(14)6/h12-14H,1H2,2-8H3. The first-order chi connectivity index (χ1) is 8.09. The van der Waals surface area contributed by atoms with Crippen molar-refractivity contribution in [1.82, 2.24) is 0 Å². The SMILES string of the molecule is C=C(C)C(=O)OC(C)(C)C1C(C)C(C)=C(C)C1C. The maximum Gasteiger partial charge on any atom is 0.333 e. The lowest BCUT2D eigenvalue weighted by atomic mass is 9.76. The van der Waals surface area contributed by atoms with Crippen LogP contribution in [0.25, 0.3) is 0 Å². The third kappa shape index (κ3) is 2.52. The highest BCUT2D eigenvalue weighted by Gasteiger charge is 2.45. The summed E-state index contributed by atoms with van der Waals surface area (Å²) in [4.78, 5) is 11.8. The molecule has 0 saturated carbocycles. The molecule has 0 aromatic rings. The van der Waals surface area contributed by atoms with Crippen LogP contribution in [-0.4, -0.2) is 11.6 Å². The van der Waals surface area contributed by atoms with Gasteiger partial charge in [-0.2, -0.15) is 0 Å². The largest absolute Gasteiger partial charge is 0.456 e. The topological polar surface area (TPSA) is 26.3 Å². The van der Waals surface area contributed by atoms with Crippen LogP contribution in [0.1, 0.15) is 48.5 Å². The third-order valence-electron chi connectivity index (χ3n) is 4.57. The molecule has 0 bridgehead atoms. The van der Waals surface area contributed by atoms with Crippen molar-refractivity contribution in [3.05, 3.63) is 23.3 Å². The Balaban J connectivity index is 2.94. The fraction of sp³-hybridized carbons (Fsp3) is 0.688. The van der Waals surface area contributed by atoms with Crippen molar-refractivity contribution in [1.29, 1.82) is 0 Å². The van der Waals surface area contributed by atoms with E-state index in [1.54, 1.807) is 6.92 Å². The van der Waals surface area contributed by atoms with E-state index < -0.39 is 5.60 Å². The van der Waals surface area contributed by atoms with Gasteiger partial charge in [0, 0.05) is 11.5 Å². The first-order valence-corrected chi connectivity index (χ1v) is 6.65. The van der Waals surface area contributed by atoms with Crippen molar-refractivity contribution in [3.63, 3.8) is 0 Å². The second-order valence-electron chi connectivity index (χ2n) is 6.24. The van der Waals surface area contributed by atoms with E-state index in [2.05, 4.69) is 34.3 Å². The van der Waals surface area contributed by atoms with Gasteiger partial charge < -0.3 is 4.74 Å². The Morgan fingerprint density at radius 2 is 1.56 bits per heavy atom. The lowest BCUT2D eigenvalue weighted by molar-refractivity contribution is -0.159. The summed E-state index contributed by atoms with van der Waals surface area (Å²) in [6, 6.07) is 0. The van der Waals surface area contributed by atoms with Crippen LogP contribution in [0.15, 0.2) is 23.3 Å². The molecular formula is C16H26O2. The third-order valence-corrected chi connectivity index (χ3v) is 4.57. The molecule has 2 heteroatoms. The van der Waals surface area contributed by atoms with Gasteiger partial charge in [-0.25, -0.2) is 4.79 Å². The van der Waals surface area contributed by atoms with E-state index in [0.717, 1.165) is 0 Å². The van der Waals surface area contributed by atoms with Gasteiger partial charge in [0.1, 0.15) is 5.60 Å². The molecule has 0 aromatic carbocycles. The van der Waals surface area contributed by atoms with Gasteiger partial charge in [0.25, 0.3) is 0 Å². The molecule has 2 atom stereocenters. The Morgan fingerprint density at radius 3 is 1.89 bits per heavy atom. The Labute approximate surface area is 111 Å². The van der Waals surface area contributed by atoms with Crippen LogP contribution in [0.3, 0.4) is 0 Å². The van der Waals surface area contributed by atoms with E-state index in [9.17, 15) is 4.79 Å². The lowest BCUT2D eigenvalue weighted by Crippen LogP contribution is -2.41. The molecule has 0 N–H and O–H groups in total. The van der Waals surface area contributed by atoms with Crippen molar-refractivity contribution >= 4 is 5.97 Å². The van der Waals surface area contributed by atoms with Crippen molar-refractivity contribution in [2.24, 2.45) is 17.8 Å². The average Bonchev–Trinajstić information content (AvgIpc) is 2.42. The van der Waals surface area contributed by atoms with E-state index in [4.69, 9.17) is 4.74 Å². The summed E-state index contributed by atoms with van der Waals surface area (Å²) in [7, 11) is 0. The second-order valence-corrected chi connectivity index (χ2v) is 6.24. The van der Waals surface area contributed by atoms with Crippen molar-refractivity contribution in [2.75, 3.05) is 0 Å². The summed E-state index contributed by atoms with van der Waals surface area (Å²) in [5.74, 6) is 0.947. The van der Waals surface area contributed by atoms with Crippen LogP contribution in [0.4, 0.5) is 0 Å². The molecule has 18 heavy (non-hydrogen) atoms. The lowest BCUT2D eigenvalue weighted by Gasteiger charge is -2.37. The number of hydrogen-bond acceptors (Lipinski definition) is 2. The Hall–Kier alpha value is -1.05. The van der Waals surface area contributed by atoms with Crippen LogP contribution in [0.5, 0.6) is 0 Å². The fourth-order valence-electron chi connectivity index (χ4n) is 3.29. The highest BCUT2D eigenvalue weighted by atomic mass is 16.6. The Morgan fingerprint density at radius 1 is 1.17 bits per heavy atom. The molecule has 0 amide bonds. The summed E-state index contributed by atoms with van der Waals surface area (Å²) in [6.07, 6.45) is 0. The number of carbonyl (C=O) groups excluding carboxylic acids is 1. The van der Waals surface area contributed by atoms with Gasteiger partial charge in [-0.1, -0.05) is 31.6 Å². The summed E-state index contributed by atoms with van der Waals surface area (Å²) >= 11 is 0. The molecule has 1 aliphatic carbocycles. The predicted octanol–water partition coefficient (Wildman–Crippen LogP) is 4.12. The molecule has 0 saturated heterocycles. The number of rotatable bonds is 3. The van der Waals surface area contributed by atoms with E-state index in [0.29, 0.717) is 23.3 Å². The average molecular weight is 250 g/mol. The zero-order chi connectivity index (χ0) is 14.2. The van der Waals surface area contributed by atoms with Gasteiger partial charge in [0.15, 0.2) is 0 Å². The highest BCUT2D eigenvalue weighted by molar-refractivity contribution is 5.87. The number of allylic oxidation sites excluding steroid dienone is 2. The second kappa shape index (κ2) is 4.91. The van der Waals surface area contributed by atoms with Crippen molar-refractivity contribution < 1.29 is 9.53 Å². The molecule has 102 valence electrons. The highest BCUT2D eigenvalue weighted by Crippen LogP contribution is 2.47. The van der Waals surface area contributed by atoms with Gasteiger partial charge >= 0.3 is 5.97 Å². The predicted molar refractivity (Wildman–Crippen MR) is 75.2 cm³/mol. The first kappa shape index (κ1) is 15.0. The molecule has 0 fully saturated rings. The smallest absolute Gasteiger partial charge is 0.333 e. The minimum Gasteiger partial charge on any atom is -0.456 e. The Kier molecular flexibility index (Phi) is 4.09. The van der Waals surface area contributed by atoms with Gasteiger partial charge in [-0.15, -0.1) is 0 Å².